The second-order valence-electron chi connectivity index (χ2n) is 6.32. The molecule has 2 aromatic rings. The Morgan fingerprint density at radius 1 is 1.08 bits per heavy atom. The molecule has 6 heteroatoms. The van der Waals surface area contributed by atoms with E-state index in [1.165, 1.54) is 0 Å². The third-order valence-corrected chi connectivity index (χ3v) is 4.02. The first kappa shape index (κ1) is 17.7. The molecule has 0 fully saturated rings. The van der Waals surface area contributed by atoms with Gasteiger partial charge in [-0.1, -0.05) is 24.3 Å². The van der Waals surface area contributed by atoms with Crippen molar-refractivity contribution in [2.24, 2.45) is 0 Å². The van der Waals surface area contributed by atoms with E-state index in [1.54, 1.807) is 0 Å². The minimum Gasteiger partial charge on any atom is -0.382 e. The van der Waals surface area contributed by atoms with Gasteiger partial charge in [-0.05, 0) is 33.3 Å². The average Bonchev–Trinajstić information content (AvgIpc) is 2.51. The van der Waals surface area contributed by atoms with E-state index in [-0.39, 0.29) is 17.3 Å². The number of hydrogen-bond acceptors (Lipinski definition) is 6. The zero-order valence-corrected chi connectivity index (χ0v) is 14.6. The lowest BCUT2D eigenvalue weighted by molar-refractivity contribution is 0.166. The van der Waals surface area contributed by atoms with Crippen LogP contribution in [0.15, 0.2) is 24.3 Å². The van der Waals surface area contributed by atoms with Gasteiger partial charge in [0.1, 0.15) is 17.5 Å². The summed E-state index contributed by atoms with van der Waals surface area (Å²) in [5, 5.41) is 9.44. The lowest BCUT2D eigenvalue weighted by Gasteiger charge is -2.31. The van der Waals surface area contributed by atoms with Crippen molar-refractivity contribution >= 4 is 11.8 Å². The summed E-state index contributed by atoms with van der Waals surface area (Å²) in [4.78, 5) is 10.5. The van der Waals surface area contributed by atoms with Gasteiger partial charge in [-0.2, -0.15) is 10.2 Å². The van der Waals surface area contributed by atoms with Gasteiger partial charge in [-0.25, -0.2) is 4.98 Å². The van der Waals surface area contributed by atoms with Crippen molar-refractivity contribution in [1.29, 1.82) is 5.26 Å². The highest BCUT2D eigenvalue weighted by atomic mass is 15.2. The molecule has 1 aromatic carbocycles. The molecule has 6 nitrogen and oxygen atoms in total. The third kappa shape index (κ3) is 3.63. The van der Waals surface area contributed by atoms with Crippen LogP contribution in [0.2, 0.25) is 0 Å². The van der Waals surface area contributed by atoms with Crippen molar-refractivity contribution in [1.82, 2.24) is 14.9 Å². The van der Waals surface area contributed by atoms with E-state index < -0.39 is 0 Å². The molecule has 0 unspecified atom stereocenters. The van der Waals surface area contributed by atoms with Gasteiger partial charge in [0.2, 0.25) is 5.95 Å². The molecular weight excluding hydrogens is 300 g/mol. The highest BCUT2D eigenvalue weighted by Crippen LogP contribution is 2.29. The molecular formula is C18H24N6. The lowest BCUT2D eigenvalue weighted by atomic mass is 9.99. The molecule has 0 aliphatic carbocycles. The van der Waals surface area contributed by atoms with Crippen LogP contribution in [0.5, 0.6) is 0 Å². The number of nitrogens with two attached hydrogens (primary N) is 2. The third-order valence-electron chi connectivity index (χ3n) is 4.02. The molecule has 2 rings (SSSR count). The number of aromatic nitrogens is 2. The van der Waals surface area contributed by atoms with Crippen LogP contribution in [-0.2, 0) is 6.54 Å². The van der Waals surface area contributed by atoms with Crippen molar-refractivity contribution in [3.05, 3.63) is 35.4 Å². The molecule has 0 amide bonds. The summed E-state index contributed by atoms with van der Waals surface area (Å²) in [7, 11) is 0. The van der Waals surface area contributed by atoms with E-state index >= 15 is 0 Å². The van der Waals surface area contributed by atoms with Crippen molar-refractivity contribution < 1.29 is 0 Å². The van der Waals surface area contributed by atoms with E-state index in [4.69, 9.17) is 11.5 Å². The summed E-state index contributed by atoms with van der Waals surface area (Å²) in [5.41, 5.74) is 14.3. The first-order valence-electron chi connectivity index (χ1n) is 8.02. The molecule has 0 atom stereocenters. The molecule has 24 heavy (non-hydrogen) atoms. The second kappa shape index (κ2) is 7.28. The van der Waals surface area contributed by atoms with E-state index in [1.807, 2.05) is 24.3 Å². The van der Waals surface area contributed by atoms with Gasteiger partial charge >= 0.3 is 0 Å². The monoisotopic (exact) mass is 324 g/mol. The Kier molecular flexibility index (Phi) is 5.37. The zero-order chi connectivity index (χ0) is 17.9. The predicted octanol–water partition coefficient (Wildman–Crippen LogP) is 2.80. The first-order chi connectivity index (χ1) is 11.3. The standard InChI is InChI=1S/C18H24N6/c1-11(2)24(12(3)4)10-13-7-5-6-8-14(13)16-15(9-19)17(20)23-18(21)22-16/h5-8,11-12H,10H2,1-4H3,(H4,20,21,22,23). The van der Waals surface area contributed by atoms with Crippen molar-refractivity contribution in [2.45, 2.75) is 46.3 Å². The van der Waals surface area contributed by atoms with Crippen LogP contribution in [0.25, 0.3) is 11.3 Å². The van der Waals surface area contributed by atoms with Crippen LogP contribution in [0.3, 0.4) is 0 Å². The number of hydrogen-bond donors (Lipinski definition) is 2. The quantitative estimate of drug-likeness (QED) is 0.876. The van der Waals surface area contributed by atoms with E-state index in [2.05, 4.69) is 48.6 Å². The summed E-state index contributed by atoms with van der Waals surface area (Å²) < 4.78 is 0. The maximum Gasteiger partial charge on any atom is 0.222 e. The van der Waals surface area contributed by atoms with Crippen molar-refractivity contribution in [3.63, 3.8) is 0 Å². The maximum atomic E-state index is 9.44. The second-order valence-corrected chi connectivity index (χ2v) is 6.32. The normalized spacial score (nSPS) is 11.2. The molecule has 0 aliphatic heterocycles. The molecule has 1 heterocycles. The number of rotatable bonds is 5. The Morgan fingerprint density at radius 3 is 2.29 bits per heavy atom. The highest BCUT2D eigenvalue weighted by Gasteiger charge is 2.19. The number of nitrogens with zero attached hydrogens (tertiary/aromatic N) is 4. The zero-order valence-electron chi connectivity index (χ0n) is 14.6. The predicted molar refractivity (Wildman–Crippen MR) is 96.8 cm³/mol. The molecule has 1 aromatic heterocycles. The van der Waals surface area contributed by atoms with Crippen LogP contribution in [0, 0.1) is 11.3 Å². The Balaban J connectivity index is 2.57. The SMILES string of the molecule is CC(C)N(Cc1ccccc1-c1nc(N)nc(N)c1C#N)C(C)C. The van der Waals surface area contributed by atoms with Gasteiger partial charge in [0.25, 0.3) is 0 Å². The highest BCUT2D eigenvalue weighted by molar-refractivity contribution is 5.75. The van der Waals surface area contributed by atoms with E-state index in [0.717, 1.165) is 17.7 Å². The first-order valence-corrected chi connectivity index (χ1v) is 8.02. The van der Waals surface area contributed by atoms with Crippen LogP contribution < -0.4 is 11.5 Å². The van der Waals surface area contributed by atoms with Crippen LogP contribution in [-0.4, -0.2) is 27.0 Å². The van der Waals surface area contributed by atoms with Gasteiger partial charge in [-0.15, -0.1) is 0 Å². The molecule has 126 valence electrons. The molecule has 0 saturated carbocycles. The van der Waals surface area contributed by atoms with Gasteiger partial charge in [0, 0.05) is 24.2 Å². The Hall–Kier alpha value is -2.65. The molecule has 0 aliphatic rings. The number of benzene rings is 1. The Labute approximate surface area is 143 Å². The lowest BCUT2D eigenvalue weighted by Crippen LogP contribution is -2.36. The van der Waals surface area contributed by atoms with Gasteiger partial charge in [0.05, 0.1) is 5.69 Å². The Bertz CT molecular complexity index is 753. The fraction of sp³-hybridized carbons (Fsp3) is 0.389. The molecule has 0 radical (unpaired) electrons. The molecule has 0 bridgehead atoms. The topological polar surface area (TPSA) is 105 Å². The maximum absolute atomic E-state index is 9.44. The number of nitriles is 1. The van der Waals surface area contributed by atoms with Crippen LogP contribution >= 0.6 is 0 Å². The summed E-state index contributed by atoms with van der Waals surface area (Å²) >= 11 is 0. The smallest absolute Gasteiger partial charge is 0.222 e. The molecule has 0 saturated heterocycles. The Morgan fingerprint density at radius 2 is 1.71 bits per heavy atom. The summed E-state index contributed by atoms with van der Waals surface area (Å²) in [5.74, 6) is 0.181. The van der Waals surface area contributed by atoms with Gasteiger partial charge < -0.3 is 11.5 Å². The van der Waals surface area contributed by atoms with E-state index in [9.17, 15) is 5.26 Å². The molecule has 0 spiro atoms. The van der Waals surface area contributed by atoms with E-state index in [0.29, 0.717) is 17.8 Å². The fourth-order valence-electron chi connectivity index (χ4n) is 2.85. The van der Waals surface area contributed by atoms with Crippen molar-refractivity contribution in [2.75, 3.05) is 11.5 Å². The summed E-state index contributed by atoms with van der Waals surface area (Å²) in [6, 6.07) is 10.8. The minimum atomic E-state index is 0.0703. The number of nitrogen functional groups attached to an aromatic ring is 2. The largest absolute Gasteiger partial charge is 0.382 e. The average molecular weight is 324 g/mol. The van der Waals surface area contributed by atoms with Crippen molar-refractivity contribution in [3.8, 4) is 17.3 Å². The van der Waals surface area contributed by atoms with Crippen LogP contribution in [0.4, 0.5) is 11.8 Å². The fourth-order valence-corrected chi connectivity index (χ4v) is 2.85. The number of anilines is 2. The molecule has 4 N–H and O–H groups in total. The minimum absolute atomic E-state index is 0.0703. The summed E-state index contributed by atoms with van der Waals surface area (Å²) in [6.45, 7) is 9.43. The summed E-state index contributed by atoms with van der Waals surface area (Å²) in [6.07, 6.45) is 0. The van der Waals surface area contributed by atoms with Gasteiger partial charge in [-0.3, -0.25) is 4.90 Å². The van der Waals surface area contributed by atoms with Crippen LogP contribution in [0.1, 0.15) is 38.8 Å². The van der Waals surface area contributed by atoms with Gasteiger partial charge in [0.15, 0.2) is 0 Å².